The molecule has 0 aliphatic rings. The summed E-state index contributed by atoms with van der Waals surface area (Å²) in [7, 11) is -2.81. The minimum Gasteiger partial charge on any atom is -0.868 e. The minimum absolute atomic E-state index is 0. The second kappa shape index (κ2) is 36.0. The summed E-state index contributed by atoms with van der Waals surface area (Å²) in [6, 6.07) is 176. The molecule has 9 aromatic heterocycles. The molecule has 9 heterocycles. The molecule has 0 atom stereocenters. The summed E-state index contributed by atoms with van der Waals surface area (Å²) in [4.78, 5) is 12.9. The molecule has 30 aromatic rings. The number of aromatic nitrogens is 6. The van der Waals surface area contributed by atoms with Gasteiger partial charge in [-0.2, -0.15) is 0 Å². The molecule has 0 aliphatic carbocycles. The predicted octanol–water partition coefficient (Wildman–Crippen LogP) is 29.0. The van der Waals surface area contributed by atoms with E-state index >= 15 is 0 Å². The van der Waals surface area contributed by atoms with Gasteiger partial charge in [-0.3, -0.25) is 9.55 Å². The Balaban J connectivity index is 0.000000104. The standard InChI is InChI=1S/C45H27NS.C42H29NSSi.C35H21N3S.C9H7NO.Li/c1-3-11-30-25-32(19-17-28(30)9-1)42-36-14-5-6-15-37(36)43(33-20-18-29-10-2-4-12-31(29)26-33)40-27-34(21-22-38(40)42)44-45-39(23-24-46-44)35-13-7-8-16-41(35)47-45;1-3-16-31(17-4-1)45(32-18-5-2-6-19-32,41-28-14-24-37-36-23-9-12-27-40(36)44-42(37)41)33-20-13-15-30(29-33)43-38-25-10-7-21-34(38)35-22-8-11-26-39(35)43;1-5-13-29-23(9-1)24-10-2-6-14-30(24)37(29)22-17-18-33-28(21-22)27-19-20-36-35(34(27)39-33)38-31-15-7-3-11-25(31)26-12-4-8-16-32(26)38;11-8-5-1-3-7-4-2-6-10-9(7)8;/h1-27H;1-29H;1-21H;1-6,11H;/q;;;;+1. The number of pyridine rings is 3. The second-order valence-corrected chi connectivity index (χ2v) is 43.3. The fourth-order valence-corrected chi connectivity index (χ4v) is 31.4. The third-order valence-corrected chi connectivity index (χ3v) is 37.2. The molecule has 0 amide bonds. The van der Waals surface area contributed by atoms with E-state index in [4.69, 9.17) is 9.97 Å². The van der Waals surface area contributed by atoms with Gasteiger partial charge in [-0.1, -0.05) is 358 Å². The molecule has 0 bridgehead atoms. The van der Waals surface area contributed by atoms with Crippen LogP contribution in [-0.4, -0.2) is 31.7 Å². The number of benzene rings is 21. The Labute approximate surface area is 848 Å². The van der Waals surface area contributed by atoms with Crippen LogP contribution in [0.25, 0.3) is 231 Å². The van der Waals surface area contributed by atoms with Crippen LogP contribution in [0.4, 0.5) is 0 Å². The van der Waals surface area contributed by atoms with Gasteiger partial charge in [-0.05, 0) is 213 Å². The molecule has 12 heteroatoms. The smallest absolute Gasteiger partial charge is 0.868 e. The number of hydrogen-bond donors (Lipinski definition) is 0. The average molecular weight is 1890 g/mol. The van der Waals surface area contributed by atoms with E-state index in [0.29, 0.717) is 5.52 Å². The molecule has 143 heavy (non-hydrogen) atoms. The first-order chi connectivity index (χ1) is 70.4. The third-order valence-electron chi connectivity index (χ3n) is 28.6. The molecule has 21 aromatic carbocycles. The van der Waals surface area contributed by atoms with Gasteiger partial charge in [-0.25, -0.2) is 9.97 Å². The molecule has 0 saturated carbocycles. The summed E-state index contributed by atoms with van der Waals surface area (Å²) in [5.74, 6) is 1.03. The Morgan fingerprint density at radius 2 is 0.629 bits per heavy atom. The summed E-state index contributed by atoms with van der Waals surface area (Å²) in [6.45, 7) is 0. The molecular formula is C131H84LiN6OS3Si+. The first-order valence-electron chi connectivity index (χ1n) is 48.1. The van der Waals surface area contributed by atoms with E-state index in [9.17, 15) is 5.11 Å². The van der Waals surface area contributed by atoms with Crippen LogP contribution in [-0.2, 0) is 0 Å². The summed E-state index contributed by atoms with van der Waals surface area (Å²) in [5, 5.41) is 43.1. The summed E-state index contributed by atoms with van der Waals surface area (Å²) in [5.41, 5.74) is 17.5. The van der Waals surface area contributed by atoms with E-state index in [0.717, 1.165) is 22.5 Å². The van der Waals surface area contributed by atoms with Crippen molar-refractivity contribution in [3.05, 3.63) is 504 Å². The normalized spacial score (nSPS) is 11.7. The van der Waals surface area contributed by atoms with Crippen molar-refractivity contribution in [2.24, 2.45) is 0 Å². The fraction of sp³-hybridized carbons (Fsp3) is 0. The van der Waals surface area contributed by atoms with E-state index in [1.807, 2.05) is 64.6 Å². The first-order valence-corrected chi connectivity index (χ1v) is 52.5. The topological polar surface area (TPSA) is 77.8 Å². The van der Waals surface area contributed by atoms with Crippen molar-refractivity contribution in [3.8, 4) is 56.5 Å². The minimum atomic E-state index is -2.81. The van der Waals surface area contributed by atoms with Gasteiger partial charge in [-0.15, -0.1) is 34.0 Å². The van der Waals surface area contributed by atoms with E-state index in [-0.39, 0.29) is 24.6 Å². The van der Waals surface area contributed by atoms with Crippen molar-refractivity contribution in [1.29, 1.82) is 0 Å². The number of nitrogens with zero attached hydrogens (tertiary/aromatic N) is 5. The molecule has 30 rings (SSSR count). The number of thiophene rings is 3. The second-order valence-electron chi connectivity index (χ2n) is 36.4. The zero-order chi connectivity index (χ0) is 93.9. The Hall–Kier alpha value is -17.0. The van der Waals surface area contributed by atoms with Gasteiger partial charge in [0, 0.05) is 124 Å². The van der Waals surface area contributed by atoms with Gasteiger partial charge in [0.1, 0.15) is 0 Å². The number of H-pyrrole nitrogens is 1. The zero-order valence-electron chi connectivity index (χ0n) is 77.8. The van der Waals surface area contributed by atoms with Crippen molar-refractivity contribution < 1.29 is 29.0 Å². The van der Waals surface area contributed by atoms with Crippen molar-refractivity contribution in [1.82, 2.24) is 23.7 Å². The van der Waals surface area contributed by atoms with Crippen LogP contribution < -0.4 is 49.7 Å². The van der Waals surface area contributed by atoms with Crippen LogP contribution in [0.3, 0.4) is 0 Å². The largest absolute Gasteiger partial charge is 1.00 e. The fourth-order valence-electron chi connectivity index (χ4n) is 22.4. The molecular weight excluding hydrogens is 1800 g/mol. The van der Waals surface area contributed by atoms with E-state index in [2.05, 4.69) is 474 Å². The van der Waals surface area contributed by atoms with Gasteiger partial charge in [0.2, 0.25) is 5.52 Å². The summed E-state index contributed by atoms with van der Waals surface area (Å²) >= 11 is 5.59. The summed E-state index contributed by atoms with van der Waals surface area (Å²) < 4.78 is 14.9. The van der Waals surface area contributed by atoms with Crippen LogP contribution in [0, 0.1) is 0 Å². The van der Waals surface area contributed by atoms with Gasteiger partial charge in [0.05, 0.1) is 48.2 Å². The number of para-hydroxylation sites is 7. The van der Waals surface area contributed by atoms with Crippen molar-refractivity contribution in [2.45, 2.75) is 0 Å². The van der Waals surface area contributed by atoms with E-state index in [1.54, 1.807) is 18.3 Å². The molecule has 0 unspecified atom stereocenters. The Morgan fingerprint density at radius 1 is 0.238 bits per heavy atom. The molecule has 7 nitrogen and oxygen atoms in total. The monoisotopic (exact) mass is 1890 g/mol. The number of aromatic amines is 1. The van der Waals surface area contributed by atoms with Crippen molar-refractivity contribution in [2.75, 3.05) is 0 Å². The van der Waals surface area contributed by atoms with Crippen LogP contribution in [0.5, 0.6) is 5.75 Å². The molecule has 0 saturated heterocycles. The Kier molecular flexibility index (Phi) is 21.8. The number of fused-ring (bicyclic) bond motifs is 23. The number of rotatable bonds is 10. The molecule has 0 radical (unpaired) electrons. The Bertz CT molecular complexity index is 10100. The van der Waals surface area contributed by atoms with Crippen LogP contribution >= 0.6 is 34.0 Å². The van der Waals surface area contributed by atoms with E-state index in [1.165, 1.54) is 223 Å². The average Bonchev–Trinajstić information content (AvgIpc) is 1.70. The Morgan fingerprint density at radius 3 is 1.18 bits per heavy atom. The predicted molar refractivity (Wildman–Crippen MR) is 606 cm³/mol. The number of hydrogen-bond acceptors (Lipinski definition) is 6. The van der Waals surface area contributed by atoms with Crippen molar-refractivity contribution >= 4 is 243 Å². The first kappa shape index (κ1) is 86.4. The quantitative estimate of drug-likeness (QED) is 0.0778. The van der Waals surface area contributed by atoms with Crippen LogP contribution in [0.2, 0.25) is 0 Å². The molecule has 1 N–H and O–H groups in total. The molecule has 0 spiro atoms. The van der Waals surface area contributed by atoms with Crippen LogP contribution in [0.1, 0.15) is 0 Å². The maximum atomic E-state index is 11.1. The van der Waals surface area contributed by atoms with Gasteiger partial charge >= 0.3 is 18.9 Å². The van der Waals surface area contributed by atoms with Gasteiger partial charge < -0.3 is 14.2 Å². The maximum absolute atomic E-state index is 11.1. The molecule has 666 valence electrons. The SMILES string of the molecule is [Li+].[O-]c1cccc2ccc[nH+]c12.c1ccc([Si](c2ccccc2)(c2cccc(-n3c4ccccc4c4ccccc43)c2)c2cccc3c2sc2ccccc23)cc1.c1ccc2c(c1)c1ccccc1n2-c1ccc2sc3c(-n4c5ccccc5c5ccccc54)nccc3c2c1.c1ccc2cc(-c3c4ccccc4c(-c4ccc5ccccc5c4)c4cc(-c5nccc6c5sc5ccccc56)ccc34)ccc2c1. The van der Waals surface area contributed by atoms with Gasteiger partial charge in [0.25, 0.3) is 0 Å². The molecule has 0 fully saturated rings. The van der Waals surface area contributed by atoms with Crippen molar-refractivity contribution in [3.63, 3.8) is 0 Å². The molecule has 0 aliphatic heterocycles. The zero-order valence-corrected chi connectivity index (χ0v) is 81.2. The van der Waals surface area contributed by atoms with Gasteiger partial charge in [0.15, 0.2) is 20.1 Å². The summed E-state index contributed by atoms with van der Waals surface area (Å²) in [6.07, 6.45) is 5.68. The van der Waals surface area contributed by atoms with Crippen LogP contribution in [0.15, 0.2) is 504 Å². The third kappa shape index (κ3) is 14.5. The van der Waals surface area contributed by atoms with E-state index < -0.39 is 8.07 Å². The number of nitrogens with one attached hydrogen (secondary N) is 1. The maximum Gasteiger partial charge on any atom is 1.00 e.